The van der Waals surface area contributed by atoms with Gasteiger partial charge in [0.2, 0.25) is 11.8 Å². The second kappa shape index (κ2) is 10.6. The highest BCUT2D eigenvalue weighted by atomic mass is 16.5. The van der Waals surface area contributed by atoms with E-state index in [4.69, 9.17) is 9.47 Å². The average Bonchev–Trinajstić information content (AvgIpc) is 2.72. The van der Waals surface area contributed by atoms with Gasteiger partial charge in [-0.1, -0.05) is 25.0 Å². The lowest BCUT2D eigenvalue weighted by atomic mass is 10.1. The number of carbonyl (C=O) groups excluding carboxylic acids is 2. The Hall–Kier alpha value is -3.09. The fraction of sp³-hybridized carbons (Fsp3) is 0.435. The summed E-state index contributed by atoms with van der Waals surface area (Å²) >= 11 is 0. The van der Waals surface area contributed by atoms with E-state index in [1.54, 1.807) is 29.3 Å². The minimum absolute atomic E-state index is 0.00501. The summed E-state index contributed by atoms with van der Waals surface area (Å²) < 4.78 is 11.9. The third kappa shape index (κ3) is 5.95. The molecule has 1 aromatic heterocycles. The predicted molar refractivity (Wildman–Crippen MR) is 114 cm³/mol. The van der Waals surface area contributed by atoms with E-state index in [0.29, 0.717) is 30.2 Å². The Balaban J connectivity index is 1.91. The fourth-order valence-corrected chi connectivity index (χ4v) is 3.30. The van der Waals surface area contributed by atoms with Gasteiger partial charge < -0.3 is 19.7 Å². The van der Waals surface area contributed by atoms with E-state index in [1.165, 1.54) is 0 Å². The van der Waals surface area contributed by atoms with Crippen LogP contribution in [0.4, 0.5) is 0 Å². The van der Waals surface area contributed by atoms with Crippen molar-refractivity contribution in [1.29, 1.82) is 0 Å². The SMILES string of the molecule is CC(C)NC(=O)CN1CCCCCCOc2ccccc2Oc2ncccc2C1=O. The minimum atomic E-state index is -0.271. The lowest BCUT2D eigenvalue weighted by molar-refractivity contribution is -0.122. The highest BCUT2D eigenvalue weighted by molar-refractivity contribution is 5.98. The lowest BCUT2D eigenvalue weighted by Gasteiger charge is -2.24. The molecule has 1 N–H and O–H groups in total. The minimum Gasteiger partial charge on any atom is -0.490 e. The Bertz CT molecular complexity index is 869. The Morgan fingerprint density at radius 3 is 2.67 bits per heavy atom. The zero-order valence-corrected chi connectivity index (χ0v) is 17.6. The number of para-hydroxylation sites is 2. The molecular formula is C23H29N3O4. The van der Waals surface area contributed by atoms with Crippen LogP contribution in [0.15, 0.2) is 42.6 Å². The number of nitrogens with zero attached hydrogens (tertiary/aromatic N) is 2. The number of nitrogens with one attached hydrogen (secondary N) is 1. The van der Waals surface area contributed by atoms with Crippen LogP contribution in [0.2, 0.25) is 0 Å². The number of ether oxygens (including phenoxy) is 2. The molecule has 1 aromatic carbocycles. The van der Waals surface area contributed by atoms with Crippen LogP contribution in [0.3, 0.4) is 0 Å². The van der Waals surface area contributed by atoms with Crippen molar-refractivity contribution in [3.05, 3.63) is 48.2 Å². The molecule has 0 radical (unpaired) electrons. The molecule has 0 aliphatic carbocycles. The number of hydrogen-bond acceptors (Lipinski definition) is 5. The number of fused-ring (bicyclic) bond motifs is 2. The molecule has 0 spiro atoms. The van der Waals surface area contributed by atoms with Crippen molar-refractivity contribution in [2.24, 2.45) is 0 Å². The number of carbonyl (C=O) groups is 2. The summed E-state index contributed by atoms with van der Waals surface area (Å²) in [6, 6.07) is 10.7. The molecule has 0 fully saturated rings. The van der Waals surface area contributed by atoms with Gasteiger partial charge in [-0.2, -0.15) is 0 Å². The standard InChI is InChI=1S/C23H29N3O4/c1-17(2)25-21(27)16-26-14-7-3-4-8-15-29-19-11-5-6-12-20(19)30-22-18(23(26)28)10-9-13-24-22/h5-6,9-13,17H,3-4,7-8,14-16H2,1-2H3,(H,25,27). The zero-order valence-electron chi connectivity index (χ0n) is 17.6. The van der Waals surface area contributed by atoms with Crippen LogP contribution in [-0.4, -0.2) is 47.4 Å². The molecule has 7 heteroatoms. The molecule has 2 aromatic rings. The van der Waals surface area contributed by atoms with Crippen LogP contribution in [0.1, 0.15) is 49.9 Å². The van der Waals surface area contributed by atoms with E-state index < -0.39 is 0 Å². The van der Waals surface area contributed by atoms with Crippen LogP contribution >= 0.6 is 0 Å². The molecule has 1 aliphatic heterocycles. The first-order valence-corrected chi connectivity index (χ1v) is 10.5. The quantitative estimate of drug-likeness (QED) is 0.831. The lowest BCUT2D eigenvalue weighted by Crippen LogP contribution is -2.43. The molecule has 7 nitrogen and oxygen atoms in total. The summed E-state index contributed by atoms with van der Waals surface area (Å²) in [6.07, 6.45) is 5.24. The zero-order chi connectivity index (χ0) is 21.3. The third-order valence-electron chi connectivity index (χ3n) is 4.71. The summed E-state index contributed by atoms with van der Waals surface area (Å²) in [7, 11) is 0. The molecule has 0 unspecified atom stereocenters. The van der Waals surface area contributed by atoms with E-state index in [1.807, 2.05) is 32.0 Å². The smallest absolute Gasteiger partial charge is 0.259 e. The highest BCUT2D eigenvalue weighted by Crippen LogP contribution is 2.32. The van der Waals surface area contributed by atoms with Crippen molar-refractivity contribution in [3.8, 4) is 17.4 Å². The Morgan fingerprint density at radius 1 is 1.10 bits per heavy atom. The first kappa shape index (κ1) is 21.6. The van der Waals surface area contributed by atoms with Crippen LogP contribution in [0, 0.1) is 0 Å². The number of aromatic nitrogens is 1. The number of benzene rings is 1. The number of rotatable bonds is 3. The second-order valence-corrected chi connectivity index (χ2v) is 7.62. The summed E-state index contributed by atoms with van der Waals surface area (Å²) in [6.45, 7) is 4.89. The molecule has 160 valence electrons. The van der Waals surface area contributed by atoms with Gasteiger partial charge in [-0.3, -0.25) is 9.59 Å². The Kier molecular flexibility index (Phi) is 7.65. The molecule has 30 heavy (non-hydrogen) atoms. The Morgan fingerprint density at radius 2 is 1.87 bits per heavy atom. The number of amides is 2. The van der Waals surface area contributed by atoms with Crippen LogP contribution in [0.25, 0.3) is 0 Å². The van der Waals surface area contributed by atoms with E-state index >= 15 is 0 Å². The number of hydrogen-bond donors (Lipinski definition) is 1. The summed E-state index contributed by atoms with van der Waals surface area (Å²) in [4.78, 5) is 31.5. The van der Waals surface area contributed by atoms with Gasteiger partial charge in [-0.25, -0.2) is 4.98 Å². The van der Waals surface area contributed by atoms with Gasteiger partial charge in [0.15, 0.2) is 11.5 Å². The highest BCUT2D eigenvalue weighted by Gasteiger charge is 2.24. The van der Waals surface area contributed by atoms with Gasteiger partial charge >= 0.3 is 0 Å². The topological polar surface area (TPSA) is 80.8 Å². The maximum atomic E-state index is 13.3. The monoisotopic (exact) mass is 411 g/mol. The van der Waals surface area contributed by atoms with Gasteiger partial charge in [0.25, 0.3) is 5.91 Å². The maximum absolute atomic E-state index is 13.3. The van der Waals surface area contributed by atoms with Gasteiger partial charge in [-0.05, 0) is 51.0 Å². The van der Waals surface area contributed by atoms with Crippen molar-refractivity contribution in [1.82, 2.24) is 15.2 Å². The largest absolute Gasteiger partial charge is 0.490 e. The first-order valence-electron chi connectivity index (χ1n) is 10.5. The maximum Gasteiger partial charge on any atom is 0.259 e. The summed E-state index contributed by atoms with van der Waals surface area (Å²) in [5, 5.41) is 2.86. The molecule has 2 amide bonds. The van der Waals surface area contributed by atoms with E-state index in [9.17, 15) is 9.59 Å². The van der Waals surface area contributed by atoms with Crippen LogP contribution < -0.4 is 14.8 Å². The van der Waals surface area contributed by atoms with E-state index in [0.717, 1.165) is 25.7 Å². The van der Waals surface area contributed by atoms with Crippen molar-refractivity contribution in [2.75, 3.05) is 19.7 Å². The molecule has 1 aliphatic rings. The molecule has 2 heterocycles. The fourth-order valence-electron chi connectivity index (χ4n) is 3.30. The van der Waals surface area contributed by atoms with Crippen LogP contribution in [-0.2, 0) is 4.79 Å². The van der Waals surface area contributed by atoms with Crippen molar-refractivity contribution >= 4 is 11.8 Å². The van der Waals surface area contributed by atoms with Crippen molar-refractivity contribution in [3.63, 3.8) is 0 Å². The van der Waals surface area contributed by atoms with E-state index in [2.05, 4.69) is 10.3 Å². The molecule has 0 bridgehead atoms. The summed E-state index contributed by atoms with van der Waals surface area (Å²) in [5.41, 5.74) is 0.321. The van der Waals surface area contributed by atoms with Gasteiger partial charge in [-0.15, -0.1) is 0 Å². The third-order valence-corrected chi connectivity index (χ3v) is 4.71. The molecule has 0 saturated carbocycles. The van der Waals surface area contributed by atoms with Gasteiger partial charge in [0.05, 0.1) is 13.2 Å². The second-order valence-electron chi connectivity index (χ2n) is 7.62. The summed E-state index contributed by atoms with van der Waals surface area (Å²) in [5.74, 6) is 0.875. The van der Waals surface area contributed by atoms with Gasteiger partial charge in [0.1, 0.15) is 5.56 Å². The molecule has 0 atom stereocenters. The predicted octanol–water partition coefficient (Wildman–Crippen LogP) is 3.79. The van der Waals surface area contributed by atoms with Gasteiger partial charge in [0, 0.05) is 18.8 Å². The normalized spacial score (nSPS) is 15.3. The molecule has 3 rings (SSSR count). The van der Waals surface area contributed by atoms with Crippen molar-refractivity contribution < 1.29 is 19.1 Å². The first-order chi connectivity index (χ1) is 14.5. The Labute approximate surface area is 177 Å². The molecule has 0 saturated heterocycles. The van der Waals surface area contributed by atoms with E-state index in [-0.39, 0.29) is 30.3 Å². The molecular weight excluding hydrogens is 382 g/mol. The van der Waals surface area contributed by atoms with Crippen molar-refractivity contribution in [2.45, 2.75) is 45.6 Å². The number of pyridine rings is 1. The average molecular weight is 412 g/mol. The van der Waals surface area contributed by atoms with Crippen LogP contribution in [0.5, 0.6) is 17.4 Å².